The predicted molar refractivity (Wildman–Crippen MR) is 118 cm³/mol. The SMILES string of the molecule is Cc1ccc(C(=O)C2c3c(n(C)c(=O)n(C)c3=O)Oc3ccc4ccccc4c32)cc1. The van der Waals surface area contributed by atoms with Gasteiger partial charge >= 0.3 is 5.69 Å². The molecule has 1 unspecified atom stereocenters. The fourth-order valence-electron chi connectivity index (χ4n) is 4.28. The molecule has 0 radical (unpaired) electrons. The lowest BCUT2D eigenvalue weighted by molar-refractivity contribution is 0.0968. The Morgan fingerprint density at radius 2 is 1.58 bits per heavy atom. The summed E-state index contributed by atoms with van der Waals surface area (Å²) in [6.07, 6.45) is 0. The quantitative estimate of drug-likeness (QED) is 0.471. The number of fused-ring (bicyclic) bond motifs is 4. The fraction of sp³-hybridized carbons (Fsp3) is 0.160. The summed E-state index contributed by atoms with van der Waals surface area (Å²) in [4.78, 5) is 39.6. The van der Waals surface area contributed by atoms with Crippen LogP contribution in [-0.4, -0.2) is 14.9 Å². The van der Waals surface area contributed by atoms with E-state index in [0.29, 0.717) is 16.9 Å². The summed E-state index contributed by atoms with van der Waals surface area (Å²) in [5.41, 5.74) is 1.33. The Hall–Kier alpha value is -3.93. The molecule has 1 aromatic heterocycles. The molecular weight excluding hydrogens is 392 g/mol. The van der Waals surface area contributed by atoms with Crippen molar-refractivity contribution in [2.45, 2.75) is 12.8 Å². The van der Waals surface area contributed by atoms with Crippen molar-refractivity contribution in [1.29, 1.82) is 0 Å². The molecule has 4 aromatic rings. The molecule has 0 N–H and O–H groups in total. The van der Waals surface area contributed by atoms with Crippen LogP contribution in [-0.2, 0) is 14.1 Å². The second kappa shape index (κ2) is 6.80. The monoisotopic (exact) mass is 412 g/mol. The third-order valence-corrected chi connectivity index (χ3v) is 5.96. The van der Waals surface area contributed by atoms with Crippen LogP contribution in [0.2, 0.25) is 0 Å². The summed E-state index contributed by atoms with van der Waals surface area (Å²) >= 11 is 0. The summed E-state index contributed by atoms with van der Waals surface area (Å²) in [5.74, 6) is -0.516. The second-order valence-electron chi connectivity index (χ2n) is 7.89. The molecule has 6 heteroatoms. The van der Waals surface area contributed by atoms with Gasteiger partial charge in [-0.25, -0.2) is 4.79 Å². The van der Waals surface area contributed by atoms with Crippen molar-refractivity contribution in [3.05, 3.63) is 104 Å². The summed E-state index contributed by atoms with van der Waals surface area (Å²) in [5, 5.41) is 1.78. The third kappa shape index (κ3) is 2.75. The first-order valence-corrected chi connectivity index (χ1v) is 9.98. The zero-order valence-corrected chi connectivity index (χ0v) is 17.4. The van der Waals surface area contributed by atoms with Gasteiger partial charge < -0.3 is 4.74 Å². The van der Waals surface area contributed by atoms with Gasteiger partial charge in [0.2, 0.25) is 5.88 Å². The van der Waals surface area contributed by atoms with Gasteiger partial charge in [-0.05, 0) is 23.8 Å². The second-order valence-corrected chi connectivity index (χ2v) is 7.89. The maximum absolute atomic E-state index is 13.8. The molecule has 1 aliphatic rings. The first-order valence-electron chi connectivity index (χ1n) is 9.98. The number of Topliss-reactive ketones (excluding diaryl/α,β-unsaturated/α-hetero) is 1. The highest BCUT2D eigenvalue weighted by Crippen LogP contribution is 2.46. The fourth-order valence-corrected chi connectivity index (χ4v) is 4.28. The highest BCUT2D eigenvalue weighted by Gasteiger charge is 2.39. The van der Waals surface area contributed by atoms with E-state index in [-0.39, 0.29) is 17.2 Å². The lowest BCUT2D eigenvalue weighted by atomic mass is 9.81. The molecule has 1 atom stereocenters. The van der Waals surface area contributed by atoms with Crippen LogP contribution in [0.1, 0.15) is 33.0 Å². The predicted octanol–water partition coefficient (Wildman–Crippen LogP) is 3.67. The highest BCUT2D eigenvalue weighted by atomic mass is 16.5. The number of aromatic nitrogens is 2. The maximum atomic E-state index is 13.8. The van der Waals surface area contributed by atoms with E-state index in [9.17, 15) is 14.4 Å². The molecule has 6 nitrogen and oxygen atoms in total. The van der Waals surface area contributed by atoms with Crippen molar-refractivity contribution in [3.8, 4) is 11.6 Å². The molecular formula is C25H20N2O4. The average molecular weight is 412 g/mol. The Kier molecular flexibility index (Phi) is 4.18. The van der Waals surface area contributed by atoms with Crippen LogP contribution < -0.4 is 16.0 Å². The van der Waals surface area contributed by atoms with E-state index in [0.717, 1.165) is 20.9 Å². The van der Waals surface area contributed by atoms with Crippen molar-refractivity contribution in [2.75, 3.05) is 0 Å². The van der Waals surface area contributed by atoms with Gasteiger partial charge in [0, 0.05) is 25.2 Å². The molecule has 0 fully saturated rings. The topological polar surface area (TPSA) is 70.3 Å². The van der Waals surface area contributed by atoms with E-state index in [1.807, 2.05) is 49.4 Å². The van der Waals surface area contributed by atoms with Gasteiger partial charge in [-0.2, -0.15) is 0 Å². The number of ether oxygens (including phenoxy) is 1. The Labute approximate surface area is 178 Å². The Balaban J connectivity index is 1.89. The van der Waals surface area contributed by atoms with Gasteiger partial charge in [0.15, 0.2) is 5.78 Å². The molecule has 2 heterocycles. The normalized spacial score (nSPS) is 14.6. The smallest absolute Gasteiger partial charge is 0.333 e. The molecule has 3 aromatic carbocycles. The van der Waals surface area contributed by atoms with Gasteiger partial charge in [-0.15, -0.1) is 0 Å². The van der Waals surface area contributed by atoms with Crippen molar-refractivity contribution in [1.82, 2.24) is 9.13 Å². The van der Waals surface area contributed by atoms with Gasteiger partial charge in [0.1, 0.15) is 5.75 Å². The molecule has 0 amide bonds. The zero-order valence-electron chi connectivity index (χ0n) is 17.4. The van der Waals surface area contributed by atoms with Gasteiger partial charge in [0.05, 0.1) is 11.5 Å². The van der Waals surface area contributed by atoms with E-state index < -0.39 is 17.2 Å². The molecule has 0 saturated heterocycles. The third-order valence-electron chi connectivity index (χ3n) is 5.96. The van der Waals surface area contributed by atoms with Crippen LogP contribution in [0.3, 0.4) is 0 Å². The largest absolute Gasteiger partial charge is 0.440 e. The molecule has 0 bridgehead atoms. The average Bonchev–Trinajstić information content (AvgIpc) is 2.80. The maximum Gasteiger partial charge on any atom is 0.333 e. The first-order chi connectivity index (χ1) is 14.9. The van der Waals surface area contributed by atoms with Crippen LogP contribution in [0, 0.1) is 6.92 Å². The minimum Gasteiger partial charge on any atom is -0.440 e. The number of hydrogen-bond acceptors (Lipinski definition) is 4. The number of rotatable bonds is 2. The molecule has 5 rings (SSSR count). The molecule has 0 saturated carbocycles. The summed E-state index contributed by atoms with van der Waals surface area (Å²) in [6.45, 7) is 1.95. The Morgan fingerprint density at radius 3 is 2.32 bits per heavy atom. The molecule has 0 spiro atoms. The van der Waals surface area contributed by atoms with Crippen molar-refractivity contribution < 1.29 is 9.53 Å². The number of carbonyl (C=O) groups is 1. The zero-order chi connectivity index (χ0) is 21.9. The Morgan fingerprint density at radius 1 is 0.871 bits per heavy atom. The van der Waals surface area contributed by atoms with Gasteiger partial charge in [-0.3, -0.25) is 18.7 Å². The molecule has 154 valence electrons. The van der Waals surface area contributed by atoms with Crippen molar-refractivity contribution in [2.24, 2.45) is 14.1 Å². The standard InChI is InChI=1S/C25H20N2O4/c1-14-8-10-16(11-9-14)22(28)20-19-17-7-5-4-6-15(17)12-13-18(19)31-24-21(20)23(29)26(2)25(30)27(24)3/h4-13,20H,1-3H3. The number of nitrogens with zero attached hydrogens (tertiary/aromatic N) is 2. The minimum absolute atomic E-state index is 0.112. The summed E-state index contributed by atoms with van der Waals surface area (Å²) in [7, 11) is 2.96. The van der Waals surface area contributed by atoms with E-state index in [4.69, 9.17) is 4.74 Å². The number of benzene rings is 3. The van der Waals surface area contributed by atoms with E-state index in [1.54, 1.807) is 25.2 Å². The van der Waals surface area contributed by atoms with E-state index in [2.05, 4.69) is 0 Å². The van der Waals surface area contributed by atoms with Crippen LogP contribution in [0.4, 0.5) is 0 Å². The minimum atomic E-state index is -0.891. The van der Waals surface area contributed by atoms with Crippen molar-refractivity contribution >= 4 is 16.6 Å². The van der Waals surface area contributed by atoms with E-state index in [1.165, 1.54) is 11.6 Å². The van der Waals surface area contributed by atoms with Gasteiger partial charge in [0.25, 0.3) is 5.56 Å². The Bertz CT molecular complexity index is 1490. The summed E-state index contributed by atoms with van der Waals surface area (Å²) in [6, 6.07) is 18.7. The van der Waals surface area contributed by atoms with Crippen LogP contribution in [0.5, 0.6) is 11.6 Å². The van der Waals surface area contributed by atoms with Crippen molar-refractivity contribution in [3.63, 3.8) is 0 Å². The lowest BCUT2D eigenvalue weighted by Gasteiger charge is -2.29. The van der Waals surface area contributed by atoms with Crippen LogP contribution in [0.25, 0.3) is 10.8 Å². The van der Waals surface area contributed by atoms with Crippen LogP contribution in [0.15, 0.2) is 70.3 Å². The molecule has 31 heavy (non-hydrogen) atoms. The summed E-state index contributed by atoms with van der Waals surface area (Å²) < 4.78 is 8.37. The molecule has 1 aliphatic heterocycles. The number of hydrogen-bond donors (Lipinski definition) is 0. The number of ketones is 1. The van der Waals surface area contributed by atoms with Gasteiger partial charge in [-0.1, -0.05) is 60.2 Å². The lowest BCUT2D eigenvalue weighted by Crippen LogP contribution is -2.42. The number of aryl methyl sites for hydroxylation is 1. The van der Waals surface area contributed by atoms with Crippen LogP contribution >= 0.6 is 0 Å². The first kappa shape index (κ1) is 19.1. The highest BCUT2D eigenvalue weighted by molar-refractivity contribution is 6.07. The van der Waals surface area contributed by atoms with E-state index >= 15 is 0 Å². The molecule has 0 aliphatic carbocycles. The number of carbonyl (C=O) groups excluding carboxylic acids is 1.